The normalized spacial score (nSPS) is 17.9. The predicted molar refractivity (Wildman–Crippen MR) is 94.8 cm³/mol. The smallest absolute Gasteiger partial charge is 0.414 e. The molecule has 0 saturated carbocycles. The Morgan fingerprint density at radius 2 is 1.77 bits per heavy atom. The van der Waals surface area contributed by atoms with Crippen LogP contribution in [0.1, 0.15) is 5.56 Å². The van der Waals surface area contributed by atoms with Crippen LogP contribution in [0.2, 0.25) is 0 Å². The average molecular weight is 359 g/mol. The van der Waals surface area contributed by atoms with E-state index in [0.717, 1.165) is 29.5 Å². The van der Waals surface area contributed by atoms with E-state index in [1.54, 1.807) is 4.90 Å². The van der Waals surface area contributed by atoms with Crippen LogP contribution in [0.5, 0.6) is 0 Å². The lowest BCUT2D eigenvalue weighted by Gasteiger charge is -2.26. The molecule has 0 N–H and O–H groups in total. The number of anilines is 3. The second-order valence-electron chi connectivity index (χ2n) is 6.56. The number of halogens is 2. The van der Waals surface area contributed by atoms with Crippen LogP contribution in [0.4, 0.5) is 30.6 Å². The number of likely N-dealkylation sites (N-methyl/N-ethyl adjacent to an activating group) is 1. The summed E-state index contributed by atoms with van der Waals surface area (Å²) < 4.78 is 32.7. The standard InChI is InChI=1S/C19H19F2N3O2/c1-22-6-7-24(18-4-2-14(20)11-16(18)21)17-5-3-15(10-13(17)12-22)23-8-9-26-19(23)25/h2-5,10-11H,6-9,12H2,1H3. The highest BCUT2D eigenvalue weighted by atomic mass is 19.1. The van der Waals surface area contributed by atoms with Crippen LogP contribution in [-0.2, 0) is 11.3 Å². The van der Waals surface area contributed by atoms with Gasteiger partial charge in [-0.25, -0.2) is 13.6 Å². The van der Waals surface area contributed by atoms with Gasteiger partial charge < -0.3 is 14.5 Å². The zero-order chi connectivity index (χ0) is 18.3. The second-order valence-corrected chi connectivity index (χ2v) is 6.56. The highest BCUT2D eigenvalue weighted by molar-refractivity contribution is 5.90. The Morgan fingerprint density at radius 3 is 2.50 bits per heavy atom. The Hall–Kier alpha value is -2.67. The Balaban J connectivity index is 1.76. The lowest BCUT2D eigenvalue weighted by atomic mass is 10.1. The summed E-state index contributed by atoms with van der Waals surface area (Å²) in [6.45, 7) is 2.88. The molecule has 0 unspecified atom stereocenters. The summed E-state index contributed by atoms with van der Waals surface area (Å²) in [7, 11) is 1.99. The van der Waals surface area contributed by atoms with E-state index < -0.39 is 11.6 Å². The van der Waals surface area contributed by atoms with Gasteiger partial charge in [0.15, 0.2) is 0 Å². The minimum absolute atomic E-state index is 0.344. The fraction of sp³-hybridized carbons (Fsp3) is 0.316. The molecular weight excluding hydrogens is 340 g/mol. The second kappa shape index (κ2) is 6.57. The van der Waals surface area contributed by atoms with E-state index in [0.29, 0.717) is 31.9 Å². The number of hydrogen-bond donors (Lipinski definition) is 0. The highest BCUT2D eigenvalue weighted by Crippen LogP contribution is 2.35. The van der Waals surface area contributed by atoms with Gasteiger partial charge in [-0.05, 0) is 42.9 Å². The summed E-state index contributed by atoms with van der Waals surface area (Å²) in [5.74, 6) is -1.19. The molecule has 0 atom stereocenters. The number of nitrogens with zero attached hydrogens (tertiary/aromatic N) is 3. The number of carbonyl (C=O) groups excluding carboxylic acids is 1. The van der Waals surface area contributed by atoms with Crippen molar-refractivity contribution in [3.8, 4) is 0 Å². The topological polar surface area (TPSA) is 36.0 Å². The molecular formula is C19H19F2N3O2. The van der Waals surface area contributed by atoms with Gasteiger partial charge in [-0.15, -0.1) is 0 Å². The minimum Gasteiger partial charge on any atom is -0.447 e. The van der Waals surface area contributed by atoms with Gasteiger partial charge in [-0.3, -0.25) is 4.90 Å². The average Bonchev–Trinajstić information content (AvgIpc) is 2.96. The molecule has 26 heavy (non-hydrogen) atoms. The third-order valence-corrected chi connectivity index (χ3v) is 4.77. The van der Waals surface area contributed by atoms with Crippen LogP contribution in [0.15, 0.2) is 36.4 Å². The first-order valence-corrected chi connectivity index (χ1v) is 8.51. The van der Waals surface area contributed by atoms with Crippen LogP contribution in [0.25, 0.3) is 0 Å². The number of rotatable bonds is 2. The molecule has 2 aromatic rings. The number of fused-ring (bicyclic) bond motifs is 1. The van der Waals surface area contributed by atoms with Crippen molar-refractivity contribution in [1.29, 1.82) is 0 Å². The van der Waals surface area contributed by atoms with E-state index in [1.807, 2.05) is 30.1 Å². The fourth-order valence-electron chi connectivity index (χ4n) is 3.47. The third-order valence-electron chi connectivity index (χ3n) is 4.77. The molecule has 1 fully saturated rings. The van der Waals surface area contributed by atoms with Gasteiger partial charge in [-0.2, -0.15) is 0 Å². The Morgan fingerprint density at radius 1 is 0.962 bits per heavy atom. The van der Waals surface area contributed by atoms with Crippen molar-refractivity contribution in [2.75, 3.05) is 43.1 Å². The molecule has 2 aromatic carbocycles. The summed E-state index contributed by atoms with van der Waals surface area (Å²) in [5.41, 5.74) is 2.94. The monoisotopic (exact) mass is 359 g/mol. The lowest BCUT2D eigenvalue weighted by Crippen LogP contribution is -2.26. The maximum Gasteiger partial charge on any atom is 0.414 e. The van der Waals surface area contributed by atoms with Gasteiger partial charge in [0.05, 0.1) is 12.2 Å². The summed E-state index contributed by atoms with van der Waals surface area (Å²) in [4.78, 5) is 17.4. The van der Waals surface area contributed by atoms with Crippen molar-refractivity contribution >= 4 is 23.2 Å². The van der Waals surface area contributed by atoms with E-state index in [4.69, 9.17) is 4.74 Å². The largest absolute Gasteiger partial charge is 0.447 e. The SMILES string of the molecule is CN1CCN(c2ccc(F)cc2F)c2ccc(N3CCOC3=O)cc2C1. The maximum atomic E-state index is 14.4. The molecule has 136 valence electrons. The number of hydrogen-bond acceptors (Lipinski definition) is 4. The molecule has 2 heterocycles. The molecule has 0 aromatic heterocycles. The van der Waals surface area contributed by atoms with Gasteiger partial charge in [0.1, 0.15) is 18.2 Å². The lowest BCUT2D eigenvalue weighted by molar-refractivity contribution is 0.181. The molecule has 2 aliphatic heterocycles. The van der Waals surface area contributed by atoms with Crippen LogP contribution >= 0.6 is 0 Å². The van der Waals surface area contributed by atoms with Crippen molar-refractivity contribution in [2.24, 2.45) is 0 Å². The number of cyclic esters (lactones) is 1. The first-order chi connectivity index (χ1) is 12.5. The molecule has 0 radical (unpaired) electrons. The fourth-order valence-corrected chi connectivity index (χ4v) is 3.47. The zero-order valence-electron chi connectivity index (χ0n) is 14.4. The summed E-state index contributed by atoms with van der Waals surface area (Å²) in [6, 6.07) is 9.30. The molecule has 2 aliphatic rings. The van der Waals surface area contributed by atoms with Crippen LogP contribution in [-0.4, -0.2) is 44.3 Å². The quantitative estimate of drug-likeness (QED) is 0.822. The van der Waals surface area contributed by atoms with E-state index in [2.05, 4.69) is 4.90 Å². The van der Waals surface area contributed by atoms with Gasteiger partial charge in [-0.1, -0.05) is 0 Å². The van der Waals surface area contributed by atoms with E-state index in [-0.39, 0.29) is 6.09 Å². The molecule has 0 bridgehead atoms. The van der Waals surface area contributed by atoms with E-state index in [9.17, 15) is 13.6 Å². The molecule has 4 rings (SSSR count). The molecule has 7 heteroatoms. The molecule has 1 amide bonds. The van der Waals surface area contributed by atoms with Gasteiger partial charge in [0.25, 0.3) is 0 Å². The van der Waals surface area contributed by atoms with Crippen molar-refractivity contribution < 1.29 is 18.3 Å². The number of amides is 1. The molecule has 0 spiro atoms. The highest BCUT2D eigenvalue weighted by Gasteiger charge is 2.27. The minimum atomic E-state index is -0.596. The van der Waals surface area contributed by atoms with Crippen molar-refractivity contribution in [2.45, 2.75) is 6.54 Å². The van der Waals surface area contributed by atoms with Gasteiger partial charge in [0.2, 0.25) is 0 Å². The number of benzene rings is 2. The molecule has 0 aliphatic carbocycles. The van der Waals surface area contributed by atoms with E-state index >= 15 is 0 Å². The van der Waals surface area contributed by atoms with Gasteiger partial charge >= 0.3 is 6.09 Å². The first-order valence-electron chi connectivity index (χ1n) is 8.51. The Labute approximate surface area is 150 Å². The predicted octanol–water partition coefficient (Wildman–Crippen LogP) is 3.50. The van der Waals surface area contributed by atoms with Crippen molar-refractivity contribution in [1.82, 2.24) is 4.90 Å². The van der Waals surface area contributed by atoms with Crippen LogP contribution < -0.4 is 9.80 Å². The van der Waals surface area contributed by atoms with Crippen LogP contribution in [0.3, 0.4) is 0 Å². The third kappa shape index (κ3) is 2.99. The molecule has 1 saturated heterocycles. The van der Waals surface area contributed by atoms with Crippen LogP contribution in [0, 0.1) is 11.6 Å². The first kappa shape index (κ1) is 16.8. The zero-order valence-corrected chi connectivity index (χ0v) is 14.4. The summed E-state index contributed by atoms with van der Waals surface area (Å²) in [6.07, 6.45) is -0.353. The number of ether oxygens (including phenoxy) is 1. The number of carbonyl (C=O) groups is 1. The Kier molecular flexibility index (Phi) is 4.24. The van der Waals surface area contributed by atoms with Gasteiger partial charge in [0, 0.05) is 37.1 Å². The Bertz CT molecular complexity index is 859. The maximum absolute atomic E-state index is 14.4. The van der Waals surface area contributed by atoms with E-state index in [1.165, 1.54) is 12.1 Å². The van der Waals surface area contributed by atoms with Crippen molar-refractivity contribution in [3.63, 3.8) is 0 Å². The summed E-state index contributed by atoms with van der Waals surface area (Å²) >= 11 is 0. The summed E-state index contributed by atoms with van der Waals surface area (Å²) in [5, 5.41) is 0. The molecule has 5 nitrogen and oxygen atoms in total. The van der Waals surface area contributed by atoms with Crippen molar-refractivity contribution in [3.05, 3.63) is 53.6 Å².